The first kappa shape index (κ1) is 23.0. The van der Waals surface area contributed by atoms with Gasteiger partial charge in [-0.25, -0.2) is 18.5 Å². The van der Waals surface area contributed by atoms with Crippen LogP contribution in [0.5, 0.6) is 0 Å². The average molecular weight is 443 g/mol. The molecule has 0 saturated heterocycles. The summed E-state index contributed by atoms with van der Waals surface area (Å²) in [6.07, 6.45) is 5.00. The average Bonchev–Trinajstić information content (AvgIpc) is 3.08. The molecule has 0 spiro atoms. The zero-order valence-electron chi connectivity index (χ0n) is 18.1. The van der Waals surface area contributed by atoms with Gasteiger partial charge in [-0.1, -0.05) is 32.4 Å². The van der Waals surface area contributed by atoms with E-state index >= 15 is 0 Å². The van der Waals surface area contributed by atoms with Gasteiger partial charge < -0.3 is 9.88 Å². The van der Waals surface area contributed by atoms with Crippen LogP contribution in [0.2, 0.25) is 0 Å². The first-order valence-corrected chi connectivity index (χ1v) is 12.3. The molecule has 31 heavy (non-hydrogen) atoms. The van der Waals surface area contributed by atoms with Crippen LogP contribution in [-0.4, -0.2) is 23.9 Å². The number of carbonyl (C=O) groups is 1. The number of amides is 1. The smallest absolute Gasteiger partial charge is 0.238 e. The third-order valence-corrected chi connectivity index (χ3v) is 6.12. The quantitative estimate of drug-likeness (QED) is 0.495. The fraction of sp³-hybridized carbons (Fsp3) is 0.391. The Morgan fingerprint density at radius 1 is 1.06 bits per heavy atom. The minimum absolute atomic E-state index is 0.0350. The largest absolute Gasteiger partial charge is 0.328 e. The van der Waals surface area contributed by atoms with Crippen LogP contribution in [0.4, 0.5) is 5.69 Å². The van der Waals surface area contributed by atoms with Crippen molar-refractivity contribution in [2.24, 2.45) is 5.14 Å². The summed E-state index contributed by atoms with van der Waals surface area (Å²) in [7, 11) is -3.79. The van der Waals surface area contributed by atoms with E-state index in [1.165, 1.54) is 17.7 Å². The van der Waals surface area contributed by atoms with Crippen molar-refractivity contribution in [3.63, 3.8) is 0 Å². The number of hydrogen-bond donors (Lipinski definition) is 2. The van der Waals surface area contributed by atoms with Crippen LogP contribution >= 0.6 is 0 Å². The Morgan fingerprint density at radius 3 is 2.45 bits per heavy atom. The van der Waals surface area contributed by atoms with Crippen molar-refractivity contribution < 1.29 is 13.2 Å². The number of primary sulfonamides is 1. The van der Waals surface area contributed by atoms with Crippen LogP contribution in [0.25, 0.3) is 11.0 Å². The van der Waals surface area contributed by atoms with Crippen LogP contribution in [0.1, 0.15) is 50.9 Å². The van der Waals surface area contributed by atoms with E-state index in [1.807, 2.05) is 16.7 Å². The van der Waals surface area contributed by atoms with Crippen LogP contribution in [-0.2, 0) is 34.2 Å². The predicted octanol–water partition coefficient (Wildman–Crippen LogP) is 4.01. The summed E-state index contributed by atoms with van der Waals surface area (Å²) in [5.74, 6) is 0.676. The number of nitrogens with two attached hydrogens (primary N) is 1. The van der Waals surface area contributed by atoms with Gasteiger partial charge in [0.25, 0.3) is 0 Å². The molecule has 3 aromatic rings. The van der Waals surface area contributed by atoms with Crippen LogP contribution in [0, 0.1) is 0 Å². The van der Waals surface area contributed by atoms with E-state index in [4.69, 9.17) is 5.14 Å². The van der Waals surface area contributed by atoms with E-state index < -0.39 is 10.0 Å². The number of nitrogens with zero attached hydrogens (tertiary/aromatic N) is 2. The van der Waals surface area contributed by atoms with Gasteiger partial charge in [0.2, 0.25) is 15.9 Å². The third kappa shape index (κ3) is 5.92. The topological polar surface area (TPSA) is 107 Å². The second kappa shape index (κ2) is 10.1. The Balaban J connectivity index is 1.70. The van der Waals surface area contributed by atoms with E-state index in [9.17, 15) is 13.2 Å². The number of fused-ring (bicyclic) bond motifs is 1. The molecule has 0 aliphatic carbocycles. The molecule has 0 radical (unpaired) electrons. The van der Waals surface area contributed by atoms with Crippen LogP contribution in [0.3, 0.4) is 0 Å². The minimum Gasteiger partial charge on any atom is -0.328 e. The molecule has 0 aliphatic rings. The number of carbonyl (C=O) groups excluding carboxylic acids is 1. The first-order chi connectivity index (χ1) is 14.8. The summed E-state index contributed by atoms with van der Waals surface area (Å²) in [5, 5.41) is 8.18. The van der Waals surface area contributed by atoms with Gasteiger partial charge >= 0.3 is 0 Å². The minimum atomic E-state index is -3.79. The zero-order chi connectivity index (χ0) is 22.4. The number of sulfonamides is 1. The van der Waals surface area contributed by atoms with E-state index in [0.717, 1.165) is 49.3 Å². The Morgan fingerprint density at radius 2 is 1.81 bits per heavy atom. The van der Waals surface area contributed by atoms with Crippen molar-refractivity contribution >= 4 is 32.7 Å². The highest BCUT2D eigenvalue weighted by Gasteiger charge is 2.15. The number of imidazole rings is 1. The highest BCUT2D eigenvalue weighted by Crippen LogP contribution is 2.21. The molecule has 0 bridgehead atoms. The molecule has 1 heterocycles. The lowest BCUT2D eigenvalue weighted by molar-refractivity contribution is -0.116. The van der Waals surface area contributed by atoms with Crippen molar-refractivity contribution in [2.75, 3.05) is 5.32 Å². The summed E-state index contributed by atoms with van der Waals surface area (Å²) in [6, 6.07) is 12.7. The van der Waals surface area contributed by atoms with Gasteiger partial charge in [-0.2, -0.15) is 0 Å². The van der Waals surface area contributed by atoms with Gasteiger partial charge in [-0.15, -0.1) is 0 Å². The van der Waals surface area contributed by atoms with Crippen LogP contribution in [0.15, 0.2) is 47.4 Å². The molecule has 0 atom stereocenters. The lowest BCUT2D eigenvalue weighted by Crippen LogP contribution is -2.14. The summed E-state index contributed by atoms with van der Waals surface area (Å²) >= 11 is 0. The number of benzene rings is 2. The molecule has 3 rings (SSSR count). The molecular formula is C23H30N4O3S. The molecule has 166 valence electrons. The first-order valence-electron chi connectivity index (χ1n) is 10.7. The monoisotopic (exact) mass is 442 g/mol. The van der Waals surface area contributed by atoms with E-state index in [0.29, 0.717) is 11.9 Å². The Kier molecular flexibility index (Phi) is 7.46. The van der Waals surface area contributed by atoms with Crippen LogP contribution < -0.4 is 10.5 Å². The molecule has 0 unspecified atom stereocenters. The molecule has 7 nitrogen and oxygen atoms in total. The molecule has 1 aromatic heterocycles. The number of unbranched alkanes of at least 4 members (excludes halogenated alkanes) is 1. The molecule has 0 aliphatic heterocycles. The molecule has 0 fully saturated rings. The lowest BCUT2D eigenvalue weighted by atomic mass is 10.1. The molecule has 0 saturated carbocycles. The molecule has 1 amide bonds. The van der Waals surface area contributed by atoms with Crippen molar-refractivity contribution in [1.29, 1.82) is 0 Å². The van der Waals surface area contributed by atoms with Gasteiger partial charge in [0.05, 0.1) is 15.9 Å². The SMILES string of the molecule is CCCCc1ccc(NC(=O)CCc2nc3cc(S(N)(=O)=O)ccc3n2CCC)cc1. The van der Waals surface area contributed by atoms with Gasteiger partial charge in [0.1, 0.15) is 5.82 Å². The molecular weight excluding hydrogens is 412 g/mol. The van der Waals surface area contributed by atoms with E-state index in [-0.39, 0.29) is 17.2 Å². The summed E-state index contributed by atoms with van der Waals surface area (Å²) in [6.45, 7) is 4.97. The predicted molar refractivity (Wildman–Crippen MR) is 123 cm³/mol. The number of aryl methyl sites for hydroxylation is 3. The third-order valence-electron chi connectivity index (χ3n) is 5.21. The maximum absolute atomic E-state index is 12.5. The van der Waals surface area contributed by atoms with Gasteiger partial charge in [-0.3, -0.25) is 4.79 Å². The zero-order valence-corrected chi connectivity index (χ0v) is 18.9. The van der Waals surface area contributed by atoms with Crippen molar-refractivity contribution in [3.05, 3.63) is 53.9 Å². The highest BCUT2D eigenvalue weighted by molar-refractivity contribution is 7.89. The normalized spacial score (nSPS) is 11.7. The van der Waals surface area contributed by atoms with Gasteiger partial charge in [-0.05, 0) is 55.2 Å². The fourth-order valence-corrected chi connectivity index (χ4v) is 4.12. The Labute approximate surface area is 183 Å². The lowest BCUT2D eigenvalue weighted by Gasteiger charge is -2.09. The maximum Gasteiger partial charge on any atom is 0.238 e. The summed E-state index contributed by atoms with van der Waals surface area (Å²) < 4.78 is 25.3. The molecule has 3 N–H and O–H groups in total. The summed E-state index contributed by atoms with van der Waals surface area (Å²) in [5.41, 5.74) is 3.46. The second-order valence-electron chi connectivity index (χ2n) is 7.72. The van der Waals surface area contributed by atoms with Crippen molar-refractivity contribution in [2.45, 2.75) is 63.8 Å². The number of nitrogens with one attached hydrogen (secondary N) is 1. The number of aromatic nitrogens is 2. The van der Waals surface area contributed by atoms with Crippen molar-refractivity contribution in [1.82, 2.24) is 9.55 Å². The standard InChI is InChI=1S/C23H30N4O3S/c1-3-5-6-17-7-9-18(10-8-17)25-23(28)14-13-22-26-20-16-19(31(24,29)30)11-12-21(20)27(22)15-4-2/h7-12,16H,3-6,13-15H2,1-2H3,(H,25,28)(H2,24,29,30). The number of anilines is 1. The number of rotatable bonds is 10. The van der Waals surface area contributed by atoms with E-state index in [2.05, 4.69) is 36.3 Å². The summed E-state index contributed by atoms with van der Waals surface area (Å²) in [4.78, 5) is 17.1. The van der Waals surface area contributed by atoms with Gasteiger partial charge in [0, 0.05) is 25.1 Å². The maximum atomic E-state index is 12.5. The Bertz CT molecular complexity index is 1150. The highest BCUT2D eigenvalue weighted by atomic mass is 32.2. The molecule has 2 aromatic carbocycles. The van der Waals surface area contributed by atoms with E-state index in [1.54, 1.807) is 6.07 Å². The number of hydrogen-bond acceptors (Lipinski definition) is 4. The van der Waals surface area contributed by atoms with Crippen molar-refractivity contribution in [3.8, 4) is 0 Å². The van der Waals surface area contributed by atoms with Gasteiger partial charge in [0.15, 0.2) is 0 Å². The second-order valence-corrected chi connectivity index (χ2v) is 9.29. The molecule has 8 heteroatoms. The Hall–Kier alpha value is -2.71. The fourth-order valence-electron chi connectivity index (χ4n) is 3.58.